The Labute approximate surface area is 113 Å². The SMILES string of the molecule is CCOC(=O)[C@@H]1C2C(CC)C21c1ccc(OC)cc1. The molecule has 0 saturated heterocycles. The number of methoxy groups -OCH3 is 1. The number of rotatable bonds is 5. The molecule has 2 fully saturated rings. The Kier molecular flexibility index (Phi) is 2.80. The van der Waals surface area contributed by atoms with Crippen molar-refractivity contribution in [2.45, 2.75) is 25.7 Å². The third-order valence-corrected chi connectivity index (χ3v) is 4.82. The van der Waals surface area contributed by atoms with E-state index >= 15 is 0 Å². The number of esters is 1. The number of carbonyl (C=O) groups is 1. The molecule has 0 N–H and O–H groups in total. The van der Waals surface area contributed by atoms with Crippen LogP contribution in [0, 0.1) is 17.8 Å². The Hall–Kier alpha value is -1.51. The average Bonchev–Trinajstić information content (AvgIpc) is 3.28. The van der Waals surface area contributed by atoms with Crippen molar-refractivity contribution in [3.8, 4) is 5.75 Å². The van der Waals surface area contributed by atoms with Gasteiger partial charge in [0.05, 0.1) is 19.6 Å². The predicted molar refractivity (Wildman–Crippen MR) is 72.1 cm³/mol. The van der Waals surface area contributed by atoms with Crippen LogP contribution in [0.15, 0.2) is 24.3 Å². The molecule has 0 aliphatic heterocycles. The number of carbonyl (C=O) groups excluding carboxylic acids is 1. The van der Waals surface area contributed by atoms with Crippen LogP contribution < -0.4 is 4.74 Å². The van der Waals surface area contributed by atoms with Crippen LogP contribution in [-0.4, -0.2) is 19.7 Å². The van der Waals surface area contributed by atoms with E-state index in [9.17, 15) is 4.79 Å². The molecule has 19 heavy (non-hydrogen) atoms. The van der Waals surface area contributed by atoms with E-state index in [1.807, 2.05) is 19.1 Å². The second-order valence-electron chi connectivity index (χ2n) is 5.43. The highest BCUT2D eigenvalue weighted by Crippen LogP contribution is 2.85. The Morgan fingerprint density at radius 3 is 2.47 bits per heavy atom. The van der Waals surface area contributed by atoms with Crippen LogP contribution >= 0.6 is 0 Å². The zero-order valence-corrected chi connectivity index (χ0v) is 11.7. The highest BCUT2D eigenvalue weighted by molar-refractivity contribution is 5.84. The van der Waals surface area contributed by atoms with Gasteiger partial charge in [0.25, 0.3) is 0 Å². The molecular formula is C16H20O3. The zero-order chi connectivity index (χ0) is 13.6. The first-order valence-electron chi connectivity index (χ1n) is 7.02. The van der Waals surface area contributed by atoms with Gasteiger partial charge in [-0.15, -0.1) is 0 Å². The second-order valence-corrected chi connectivity index (χ2v) is 5.43. The molecule has 0 aromatic heterocycles. The highest BCUT2D eigenvalue weighted by atomic mass is 16.5. The first kappa shape index (κ1) is 12.5. The summed E-state index contributed by atoms with van der Waals surface area (Å²) < 4.78 is 10.4. The minimum absolute atomic E-state index is 0.0204. The molecule has 3 nitrogen and oxygen atoms in total. The molecule has 0 radical (unpaired) electrons. The topological polar surface area (TPSA) is 35.5 Å². The number of hydrogen-bond donors (Lipinski definition) is 0. The van der Waals surface area contributed by atoms with Crippen molar-refractivity contribution >= 4 is 5.97 Å². The van der Waals surface area contributed by atoms with E-state index in [0.29, 0.717) is 18.4 Å². The minimum Gasteiger partial charge on any atom is -0.497 e. The molecule has 2 aliphatic carbocycles. The summed E-state index contributed by atoms with van der Waals surface area (Å²) >= 11 is 0. The van der Waals surface area contributed by atoms with E-state index in [0.717, 1.165) is 12.2 Å². The third kappa shape index (κ3) is 1.54. The third-order valence-electron chi connectivity index (χ3n) is 4.82. The van der Waals surface area contributed by atoms with E-state index < -0.39 is 0 Å². The van der Waals surface area contributed by atoms with Crippen molar-refractivity contribution in [1.82, 2.24) is 0 Å². The molecule has 1 aromatic carbocycles. The highest BCUT2D eigenvalue weighted by Gasteiger charge is 2.88. The van der Waals surface area contributed by atoms with Crippen molar-refractivity contribution in [3.63, 3.8) is 0 Å². The zero-order valence-electron chi connectivity index (χ0n) is 11.7. The van der Waals surface area contributed by atoms with Crippen molar-refractivity contribution in [2.75, 3.05) is 13.7 Å². The summed E-state index contributed by atoms with van der Waals surface area (Å²) in [5.41, 5.74) is 1.34. The summed E-state index contributed by atoms with van der Waals surface area (Å²) in [4.78, 5) is 12.0. The molecule has 1 aromatic rings. The quantitative estimate of drug-likeness (QED) is 0.764. The van der Waals surface area contributed by atoms with E-state index in [1.165, 1.54) is 5.56 Å². The smallest absolute Gasteiger partial charge is 0.310 e. The van der Waals surface area contributed by atoms with Crippen molar-refractivity contribution < 1.29 is 14.3 Å². The summed E-state index contributed by atoms with van der Waals surface area (Å²) in [6, 6.07) is 8.15. The Balaban J connectivity index is 1.83. The number of hydrogen-bond acceptors (Lipinski definition) is 3. The lowest BCUT2D eigenvalue weighted by Gasteiger charge is -2.17. The average molecular weight is 260 g/mol. The van der Waals surface area contributed by atoms with Gasteiger partial charge in [0.2, 0.25) is 0 Å². The van der Waals surface area contributed by atoms with Crippen LogP contribution in [-0.2, 0) is 14.9 Å². The van der Waals surface area contributed by atoms with Crippen molar-refractivity contribution in [1.29, 1.82) is 0 Å². The fraction of sp³-hybridized carbons (Fsp3) is 0.562. The van der Waals surface area contributed by atoms with Gasteiger partial charge in [-0.3, -0.25) is 4.79 Å². The molecular weight excluding hydrogens is 240 g/mol. The maximum atomic E-state index is 12.0. The normalized spacial score (nSPS) is 34.4. The standard InChI is InChI=1S/C16H20O3/c1-4-12-13-14(15(17)19-5-2)16(12,13)10-6-8-11(18-3)9-7-10/h6-9,12-14H,4-5H2,1-3H3/t12?,13?,14-,16?/m0/s1. The van der Waals surface area contributed by atoms with Gasteiger partial charge in [0.15, 0.2) is 0 Å². The molecule has 3 heteroatoms. The molecule has 4 atom stereocenters. The van der Waals surface area contributed by atoms with Gasteiger partial charge < -0.3 is 9.47 Å². The lowest BCUT2D eigenvalue weighted by molar-refractivity contribution is -0.146. The van der Waals surface area contributed by atoms with E-state index in [-0.39, 0.29) is 17.3 Å². The molecule has 0 amide bonds. The van der Waals surface area contributed by atoms with Gasteiger partial charge >= 0.3 is 5.97 Å². The molecule has 0 spiro atoms. The van der Waals surface area contributed by atoms with Crippen LogP contribution in [0.1, 0.15) is 25.8 Å². The Morgan fingerprint density at radius 1 is 1.26 bits per heavy atom. The van der Waals surface area contributed by atoms with Gasteiger partial charge in [0.1, 0.15) is 5.75 Å². The van der Waals surface area contributed by atoms with Gasteiger partial charge in [-0.05, 0) is 36.5 Å². The molecule has 0 bridgehead atoms. The molecule has 3 rings (SSSR count). The minimum atomic E-state index is -0.0204. The number of fused-ring (bicyclic) bond motifs is 1. The number of ether oxygens (including phenoxy) is 2. The Bertz CT molecular complexity index is 493. The van der Waals surface area contributed by atoms with Gasteiger partial charge in [-0.25, -0.2) is 0 Å². The first-order valence-corrected chi connectivity index (χ1v) is 7.02. The van der Waals surface area contributed by atoms with E-state index in [4.69, 9.17) is 9.47 Å². The van der Waals surface area contributed by atoms with Gasteiger partial charge in [0, 0.05) is 5.41 Å². The largest absolute Gasteiger partial charge is 0.497 e. The van der Waals surface area contributed by atoms with Crippen LogP contribution in [0.2, 0.25) is 0 Å². The predicted octanol–water partition coefficient (Wildman–Crippen LogP) is 2.78. The summed E-state index contributed by atoms with van der Waals surface area (Å²) in [5.74, 6) is 2.08. The summed E-state index contributed by atoms with van der Waals surface area (Å²) in [6.45, 7) is 4.53. The van der Waals surface area contributed by atoms with Crippen LogP contribution in [0.3, 0.4) is 0 Å². The van der Waals surface area contributed by atoms with Gasteiger partial charge in [-0.2, -0.15) is 0 Å². The van der Waals surface area contributed by atoms with Crippen LogP contribution in [0.25, 0.3) is 0 Å². The van der Waals surface area contributed by atoms with Crippen molar-refractivity contribution in [3.05, 3.63) is 29.8 Å². The fourth-order valence-electron chi connectivity index (χ4n) is 3.92. The fourth-order valence-corrected chi connectivity index (χ4v) is 3.92. The molecule has 102 valence electrons. The van der Waals surface area contributed by atoms with E-state index in [1.54, 1.807) is 7.11 Å². The van der Waals surface area contributed by atoms with Crippen molar-refractivity contribution in [2.24, 2.45) is 17.8 Å². The summed E-state index contributed by atoms with van der Waals surface area (Å²) in [5, 5.41) is 0. The van der Waals surface area contributed by atoms with Crippen LogP contribution in [0.4, 0.5) is 0 Å². The summed E-state index contributed by atoms with van der Waals surface area (Å²) in [7, 11) is 1.67. The first-order chi connectivity index (χ1) is 9.21. The molecule has 2 aliphatic rings. The lowest BCUT2D eigenvalue weighted by Crippen LogP contribution is -2.22. The van der Waals surface area contributed by atoms with E-state index in [2.05, 4.69) is 19.1 Å². The van der Waals surface area contributed by atoms with Crippen LogP contribution in [0.5, 0.6) is 5.75 Å². The number of benzene rings is 1. The Morgan fingerprint density at radius 2 is 1.95 bits per heavy atom. The van der Waals surface area contributed by atoms with Gasteiger partial charge in [-0.1, -0.05) is 25.5 Å². The maximum Gasteiger partial charge on any atom is 0.310 e. The summed E-state index contributed by atoms with van der Waals surface area (Å²) in [6.07, 6.45) is 1.13. The monoisotopic (exact) mass is 260 g/mol. The lowest BCUT2D eigenvalue weighted by atomic mass is 9.88. The molecule has 2 saturated carbocycles. The molecule has 0 heterocycles. The maximum absolute atomic E-state index is 12.0. The second kappa shape index (κ2) is 4.26. The molecule has 3 unspecified atom stereocenters.